The first kappa shape index (κ1) is 11.7. The number of hydrogen-bond donors (Lipinski definition) is 2. The van der Waals surface area contributed by atoms with E-state index in [4.69, 9.17) is 5.11 Å². The number of carboxylic acid groups (broad SMARTS) is 1. The molecule has 0 saturated heterocycles. The highest BCUT2D eigenvalue weighted by atomic mass is 32.2. The number of nitrogens with one attached hydrogen (secondary N) is 1. The van der Waals surface area contributed by atoms with Crippen LogP contribution >= 0.6 is 0 Å². The van der Waals surface area contributed by atoms with Crippen LogP contribution in [0.2, 0.25) is 0 Å². The second-order valence-electron chi connectivity index (χ2n) is 3.85. The van der Waals surface area contributed by atoms with Crippen molar-refractivity contribution in [2.45, 2.75) is 31.1 Å². The lowest BCUT2D eigenvalue weighted by molar-refractivity contribution is -0.146. The van der Waals surface area contributed by atoms with Gasteiger partial charge in [0, 0.05) is 34.9 Å². The molecule has 1 saturated carbocycles. The first-order valence-corrected chi connectivity index (χ1v) is 6.43. The summed E-state index contributed by atoms with van der Waals surface area (Å²) in [7, 11) is -0.837. The predicted octanol–water partition coefficient (Wildman–Crippen LogP) is 0.206. The topological polar surface area (TPSA) is 66.4 Å². The number of rotatable bonds is 5. The molecule has 0 radical (unpaired) electrons. The molecule has 0 aromatic carbocycles. The Morgan fingerprint density at radius 3 is 2.64 bits per heavy atom. The van der Waals surface area contributed by atoms with Crippen molar-refractivity contribution in [2.75, 3.05) is 12.8 Å². The monoisotopic (exact) mass is 219 g/mol. The summed E-state index contributed by atoms with van der Waals surface area (Å²) in [5.41, 5.74) is 0. The largest absolute Gasteiger partial charge is 0.481 e. The Balaban J connectivity index is 2.26. The molecule has 5 heteroatoms. The van der Waals surface area contributed by atoms with E-state index >= 15 is 0 Å². The van der Waals surface area contributed by atoms with Gasteiger partial charge in [-0.3, -0.25) is 9.00 Å². The van der Waals surface area contributed by atoms with Crippen LogP contribution in [0.1, 0.15) is 19.8 Å². The van der Waals surface area contributed by atoms with E-state index in [1.807, 2.05) is 6.92 Å². The van der Waals surface area contributed by atoms with Crippen LogP contribution in [0.5, 0.6) is 0 Å². The first-order valence-electron chi connectivity index (χ1n) is 4.80. The highest BCUT2D eigenvalue weighted by Gasteiger charge is 2.36. The molecule has 1 fully saturated rings. The maximum Gasteiger partial charge on any atom is 0.308 e. The summed E-state index contributed by atoms with van der Waals surface area (Å²) >= 11 is 0. The fourth-order valence-electron chi connectivity index (χ4n) is 1.47. The minimum Gasteiger partial charge on any atom is -0.481 e. The summed E-state index contributed by atoms with van der Waals surface area (Å²) in [5, 5.41) is 12.0. The lowest BCUT2D eigenvalue weighted by atomic mass is 9.79. The molecule has 0 heterocycles. The quantitative estimate of drug-likeness (QED) is 0.693. The van der Waals surface area contributed by atoms with Crippen molar-refractivity contribution in [3.05, 3.63) is 0 Å². The Bertz CT molecular complexity index is 244. The van der Waals surface area contributed by atoms with E-state index in [2.05, 4.69) is 5.32 Å². The zero-order chi connectivity index (χ0) is 10.7. The van der Waals surface area contributed by atoms with E-state index in [-0.39, 0.29) is 17.2 Å². The van der Waals surface area contributed by atoms with Crippen LogP contribution in [0.15, 0.2) is 0 Å². The van der Waals surface area contributed by atoms with Gasteiger partial charge in [-0.25, -0.2) is 0 Å². The SMILES string of the molecule is CC(CNC1CCC1C(=O)O)S(C)=O. The lowest BCUT2D eigenvalue weighted by Gasteiger charge is -2.34. The van der Waals surface area contributed by atoms with Gasteiger partial charge in [-0.15, -0.1) is 0 Å². The maximum atomic E-state index is 11.0. The van der Waals surface area contributed by atoms with E-state index in [0.29, 0.717) is 6.54 Å². The second-order valence-corrected chi connectivity index (χ2v) is 5.65. The molecule has 2 N–H and O–H groups in total. The molecule has 0 bridgehead atoms. The summed E-state index contributed by atoms with van der Waals surface area (Å²) < 4.78 is 11.0. The standard InChI is InChI=1S/C9H17NO3S/c1-6(14(2)13)5-10-8-4-3-7(8)9(11)12/h6-8,10H,3-5H2,1-2H3,(H,11,12). The summed E-state index contributed by atoms with van der Waals surface area (Å²) in [6.07, 6.45) is 3.35. The number of aliphatic carboxylic acids is 1. The van der Waals surface area contributed by atoms with Gasteiger partial charge in [0.15, 0.2) is 0 Å². The van der Waals surface area contributed by atoms with E-state index in [9.17, 15) is 9.00 Å². The smallest absolute Gasteiger partial charge is 0.308 e. The van der Waals surface area contributed by atoms with Gasteiger partial charge in [0.05, 0.1) is 5.92 Å². The van der Waals surface area contributed by atoms with Crippen molar-refractivity contribution in [3.63, 3.8) is 0 Å². The zero-order valence-electron chi connectivity index (χ0n) is 8.53. The van der Waals surface area contributed by atoms with Gasteiger partial charge in [0.25, 0.3) is 0 Å². The van der Waals surface area contributed by atoms with E-state index in [1.165, 1.54) is 0 Å². The van der Waals surface area contributed by atoms with Gasteiger partial charge in [-0.2, -0.15) is 0 Å². The van der Waals surface area contributed by atoms with Crippen LogP contribution in [0.25, 0.3) is 0 Å². The average molecular weight is 219 g/mol. The van der Waals surface area contributed by atoms with Crippen molar-refractivity contribution in [1.82, 2.24) is 5.32 Å². The van der Waals surface area contributed by atoms with Crippen molar-refractivity contribution >= 4 is 16.8 Å². The van der Waals surface area contributed by atoms with Gasteiger partial charge < -0.3 is 10.4 Å². The first-order chi connectivity index (χ1) is 6.52. The number of hydrogen-bond acceptors (Lipinski definition) is 3. The summed E-state index contributed by atoms with van der Waals surface area (Å²) in [5.74, 6) is -0.966. The second kappa shape index (κ2) is 4.89. The molecule has 0 amide bonds. The van der Waals surface area contributed by atoms with Crippen LogP contribution in [-0.4, -0.2) is 39.4 Å². The van der Waals surface area contributed by atoms with Crippen LogP contribution in [-0.2, 0) is 15.6 Å². The Labute approximate surface area is 86.5 Å². The van der Waals surface area contributed by atoms with Gasteiger partial charge in [-0.1, -0.05) is 0 Å². The van der Waals surface area contributed by atoms with Gasteiger partial charge in [0.2, 0.25) is 0 Å². The molecule has 4 unspecified atom stereocenters. The van der Waals surface area contributed by atoms with Crippen molar-refractivity contribution in [1.29, 1.82) is 0 Å². The summed E-state index contributed by atoms with van der Waals surface area (Å²) in [4.78, 5) is 10.7. The molecule has 1 rings (SSSR count). The molecule has 1 aliphatic rings. The Kier molecular flexibility index (Phi) is 4.07. The molecule has 0 aromatic rings. The molecule has 0 aromatic heterocycles. The summed E-state index contributed by atoms with van der Waals surface area (Å²) in [6, 6.07) is 0.0819. The fraction of sp³-hybridized carbons (Fsp3) is 0.889. The third-order valence-corrected chi connectivity index (χ3v) is 4.13. The van der Waals surface area contributed by atoms with E-state index < -0.39 is 16.8 Å². The minimum atomic E-state index is -0.837. The average Bonchev–Trinajstić information content (AvgIpc) is 2.00. The Morgan fingerprint density at radius 2 is 2.29 bits per heavy atom. The fourth-order valence-corrected chi connectivity index (χ4v) is 1.81. The third-order valence-electron chi connectivity index (χ3n) is 2.83. The Hall–Kier alpha value is -0.420. The normalized spacial score (nSPS) is 30.4. The summed E-state index contributed by atoms with van der Waals surface area (Å²) in [6.45, 7) is 2.54. The lowest BCUT2D eigenvalue weighted by Crippen LogP contribution is -2.49. The van der Waals surface area contributed by atoms with Crippen LogP contribution < -0.4 is 5.32 Å². The molecule has 14 heavy (non-hydrogen) atoms. The third kappa shape index (κ3) is 2.78. The molecule has 0 aliphatic heterocycles. The van der Waals surface area contributed by atoms with Crippen LogP contribution in [0, 0.1) is 5.92 Å². The van der Waals surface area contributed by atoms with Crippen LogP contribution in [0.3, 0.4) is 0 Å². The molecule has 0 spiro atoms. The van der Waals surface area contributed by atoms with E-state index in [1.54, 1.807) is 6.26 Å². The van der Waals surface area contributed by atoms with Gasteiger partial charge in [0.1, 0.15) is 0 Å². The molecule has 4 nitrogen and oxygen atoms in total. The van der Waals surface area contributed by atoms with Gasteiger partial charge in [-0.05, 0) is 19.8 Å². The zero-order valence-corrected chi connectivity index (χ0v) is 9.34. The van der Waals surface area contributed by atoms with Crippen molar-refractivity contribution in [3.8, 4) is 0 Å². The number of carbonyl (C=O) groups is 1. The van der Waals surface area contributed by atoms with Crippen molar-refractivity contribution in [2.24, 2.45) is 5.92 Å². The molecular weight excluding hydrogens is 202 g/mol. The number of carboxylic acids is 1. The molecule has 4 atom stereocenters. The highest BCUT2D eigenvalue weighted by molar-refractivity contribution is 7.84. The maximum absolute atomic E-state index is 11.0. The molecular formula is C9H17NO3S. The van der Waals surface area contributed by atoms with Crippen molar-refractivity contribution < 1.29 is 14.1 Å². The predicted molar refractivity (Wildman–Crippen MR) is 55.7 cm³/mol. The van der Waals surface area contributed by atoms with Gasteiger partial charge >= 0.3 is 5.97 Å². The minimum absolute atomic E-state index is 0.0819. The molecule has 82 valence electrons. The highest BCUT2D eigenvalue weighted by Crippen LogP contribution is 2.27. The molecule has 1 aliphatic carbocycles. The Morgan fingerprint density at radius 1 is 1.64 bits per heavy atom. The van der Waals surface area contributed by atoms with E-state index in [0.717, 1.165) is 12.8 Å². The van der Waals surface area contributed by atoms with Crippen LogP contribution in [0.4, 0.5) is 0 Å².